The Morgan fingerprint density at radius 3 is 2.71 bits per heavy atom. The molecule has 0 unspecified atom stereocenters. The number of hydrogen-bond acceptors (Lipinski definition) is 2. The molecule has 5 heteroatoms. The quantitative estimate of drug-likeness (QED) is 0.894. The van der Waals surface area contributed by atoms with Crippen LogP contribution in [0.5, 0.6) is 0 Å². The number of aliphatic hydroxyl groups is 1. The summed E-state index contributed by atoms with van der Waals surface area (Å²) in [6.07, 6.45) is -1.45. The zero-order valence-electron chi connectivity index (χ0n) is 7.08. The van der Waals surface area contributed by atoms with E-state index in [9.17, 15) is 9.90 Å². The second kappa shape index (κ2) is 4.77. The van der Waals surface area contributed by atoms with Crippen LogP contribution in [0.25, 0.3) is 0 Å². The number of carboxylic acids is 1. The van der Waals surface area contributed by atoms with Crippen molar-refractivity contribution in [3.05, 3.63) is 33.3 Å². The van der Waals surface area contributed by atoms with Gasteiger partial charge in [-0.3, -0.25) is 4.79 Å². The van der Waals surface area contributed by atoms with Gasteiger partial charge >= 0.3 is 5.97 Å². The normalized spacial score (nSPS) is 12.5. The average Bonchev–Trinajstić information content (AvgIpc) is 2.01. The number of halogens is 2. The lowest BCUT2D eigenvalue weighted by Gasteiger charge is -2.12. The molecule has 0 bridgehead atoms. The highest BCUT2D eigenvalue weighted by Gasteiger charge is 2.17. The summed E-state index contributed by atoms with van der Waals surface area (Å²) in [5.74, 6) is -1.07. The number of rotatable bonds is 3. The Labute approximate surface area is 94.4 Å². The molecule has 0 fully saturated rings. The van der Waals surface area contributed by atoms with Gasteiger partial charge in [0.2, 0.25) is 0 Å². The number of carbonyl (C=O) groups is 1. The van der Waals surface area contributed by atoms with Crippen molar-refractivity contribution in [2.24, 2.45) is 0 Å². The van der Waals surface area contributed by atoms with Gasteiger partial charge in [0.1, 0.15) is 0 Å². The first-order valence-electron chi connectivity index (χ1n) is 3.86. The Bertz CT molecular complexity index is 334. The van der Waals surface area contributed by atoms with Crippen LogP contribution in [0.4, 0.5) is 0 Å². The van der Waals surface area contributed by atoms with E-state index in [1.807, 2.05) is 0 Å². The zero-order valence-corrected chi connectivity index (χ0v) is 9.42. The molecule has 1 aromatic rings. The minimum atomic E-state index is -1.09. The first-order chi connectivity index (χ1) is 6.52. The number of aliphatic carboxylic acids is 1. The third-order valence-electron chi connectivity index (χ3n) is 1.70. The summed E-state index contributed by atoms with van der Waals surface area (Å²) in [5, 5.41) is 18.4. The highest BCUT2D eigenvalue weighted by atomic mass is 79.9. The van der Waals surface area contributed by atoms with E-state index in [1.54, 1.807) is 18.2 Å². The molecule has 0 radical (unpaired) electrons. The van der Waals surface area contributed by atoms with Crippen LogP contribution in [0.15, 0.2) is 22.7 Å². The summed E-state index contributed by atoms with van der Waals surface area (Å²) >= 11 is 9.03. The van der Waals surface area contributed by atoms with E-state index in [0.29, 0.717) is 15.1 Å². The lowest BCUT2D eigenvalue weighted by atomic mass is 10.1. The summed E-state index contributed by atoms with van der Waals surface area (Å²) < 4.78 is 0.610. The van der Waals surface area contributed by atoms with Crippen molar-refractivity contribution in [2.75, 3.05) is 0 Å². The van der Waals surface area contributed by atoms with Crippen molar-refractivity contribution >= 4 is 33.5 Å². The Balaban J connectivity index is 2.99. The van der Waals surface area contributed by atoms with Crippen LogP contribution in [0.2, 0.25) is 5.02 Å². The van der Waals surface area contributed by atoms with E-state index >= 15 is 0 Å². The maximum Gasteiger partial charge on any atom is 0.306 e. The fraction of sp³-hybridized carbons (Fsp3) is 0.222. The lowest BCUT2D eigenvalue weighted by molar-refractivity contribution is -0.139. The van der Waals surface area contributed by atoms with Gasteiger partial charge in [-0.25, -0.2) is 0 Å². The summed E-state index contributed by atoms with van der Waals surface area (Å²) in [4.78, 5) is 10.4. The van der Waals surface area contributed by atoms with Crippen molar-refractivity contribution < 1.29 is 15.0 Å². The second-order valence-corrected chi connectivity index (χ2v) is 4.01. The largest absolute Gasteiger partial charge is 0.481 e. The van der Waals surface area contributed by atoms with E-state index in [4.69, 9.17) is 16.7 Å². The summed E-state index contributed by atoms with van der Waals surface area (Å²) in [6.45, 7) is 0. The van der Waals surface area contributed by atoms with Crippen LogP contribution < -0.4 is 0 Å². The van der Waals surface area contributed by atoms with Crippen molar-refractivity contribution in [3.63, 3.8) is 0 Å². The molecule has 3 nitrogen and oxygen atoms in total. The number of benzene rings is 1. The molecule has 0 aliphatic heterocycles. The van der Waals surface area contributed by atoms with Gasteiger partial charge in [-0.15, -0.1) is 0 Å². The van der Waals surface area contributed by atoms with Gasteiger partial charge in [0.05, 0.1) is 12.5 Å². The summed E-state index contributed by atoms with van der Waals surface area (Å²) in [5.41, 5.74) is 0.413. The standard InChI is InChI=1S/C9H8BrClO3/c10-5-2-1-3-6(11)9(5)7(12)4-8(13)14/h1-3,7,12H,4H2,(H,13,14)/t7-/m1/s1. The monoisotopic (exact) mass is 278 g/mol. The van der Waals surface area contributed by atoms with Gasteiger partial charge in [-0.2, -0.15) is 0 Å². The maximum atomic E-state index is 10.4. The Morgan fingerprint density at radius 2 is 2.21 bits per heavy atom. The van der Waals surface area contributed by atoms with Gasteiger partial charge in [0.25, 0.3) is 0 Å². The molecule has 0 heterocycles. The molecule has 1 aromatic carbocycles. The van der Waals surface area contributed by atoms with E-state index in [-0.39, 0.29) is 6.42 Å². The third-order valence-corrected chi connectivity index (χ3v) is 2.72. The highest BCUT2D eigenvalue weighted by Crippen LogP contribution is 2.31. The first kappa shape index (κ1) is 11.5. The van der Waals surface area contributed by atoms with Gasteiger partial charge < -0.3 is 10.2 Å². The molecule has 14 heavy (non-hydrogen) atoms. The van der Waals surface area contributed by atoms with Gasteiger partial charge in [-0.05, 0) is 12.1 Å². The van der Waals surface area contributed by atoms with E-state index in [0.717, 1.165) is 0 Å². The Kier molecular flexibility index (Phi) is 3.92. The molecule has 1 rings (SSSR count). The minimum absolute atomic E-state index is 0.355. The number of hydrogen-bond donors (Lipinski definition) is 2. The average molecular weight is 280 g/mol. The van der Waals surface area contributed by atoms with Gasteiger partial charge in [-0.1, -0.05) is 33.6 Å². The Morgan fingerprint density at radius 1 is 1.57 bits per heavy atom. The first-order valence-corrected chi connectivity index (χ1v) is 5.03. The molecule has 0 aliphatic rings. The number of carboxylic acid groups (broad SMARTS) is 1. The van der Waals surface area contributed by atoms with Crippen LogP contribution in [0.1, 0.15) is 18.1 Å². The van der Waals surface area contributed by atoms with Crippen molar-refractivity contribution in [2.45, 2.75) is 12.5 Å². The number of aliphatic hydroxyl groups excluding tert-OH is 1. The fourth-order valence-corrected chi connectivity index (χ4v) is 2.14. The van der Waals surface area contributed by atoms with Crippen LogP contribution in [0.3, 0.4) is 0 Å². The molecule has 0 aromatic heterocycles. The third kappa shape index (κ3) is 2.70. The molecule has 2 N–H and O–H groups in total. The molecule has 0 amide bonds. The SMILES string of the molecule is O=C(O)C[C@@H](O)c1c(Cl)cccc1Br. The molecule has 0 spiro atoms. The maximum absolute atomic E-state index is 10.4. The molecule has 0 saturated heterocycles. The highest BCUT2D eigenvalue weighted by molar-refractivity contribution is 9.10. The molecular formula is C9H8BrClO3. The zero-order chi connectivity index (χ0) is 10.7. The molecule has 76 valence electrons. The molecular weight excluding hydrogens is 271 g/mol. The van der Waals surface area contributed by atoms with Crippen molar-refractivity contribution in [3.8, 4) is 0 Å². The topological polar surface area (TPSA) is 57.5 Å². The van der Waals surface area contributed by atoms with Crippen molar-refractivity contribution in [1.82, 2.24) is 0 Å². The molecule has 0 aliphatic carbocycles. The summed E-state index contributed by atoms with van der Waals surface area (Å²) in [6, 6.07) is 5.02. The minimum Gasteiger partial charge on any atom is -0.481 e. The molecule has 0 saturated carbocycles. The fourth-order valence-electron chi connectivity index (χ4n) is 1.10. The van der Waals surface area contributed by atoms with E-state index in [2.05, 4.69) is 15.9 Å². The second-order valence-electron chi connectivity index (χ2n) is 2.75. The van der Waals surface area contributed by atoms with Crippen LogP contribution in [0, 0.1) is 0 Å². The van der Waals surface area contributed by atoms with Crippen LogP contribution in [-0.2, 0) is 4.79 Å². The molecule has 1 atom stereocenters. The predicted octanol–water partition coefficient (Wildman–Crippen LogP) is 2.61. The van der Waals surface area contributed by atoms with Crippen LogP contribution in [-0.4, -0.2) is 16.2 Å². The smallest absolute Gasteiger partial charge is 0.306 e. The summed E-state index contributed by atoms with van der Waals surface area (Å²) in [7, 11) is 0. The lowest BCUT2D eigenvalue weighted by Crippen LogP contribution is -2.06. The Hall–Kier alpha value is -0.580. The van der Waals surface area contributed by atoms with Crippen molar-refractivity contribution in [1.29, 1.82) is 0 Å². The van der Waals surface area contributed by atoms with E-state index < -0.39 is 12.1 Å². The van der Waals surface area contributed by atoms with E-state index in [1.165, 1.54) is 0 Å². The predicted molar refractivity (Wildman–Crippen MR) is 56.4 cm³/mol. The van der Waals surface area contributed by atoms with Gasteiger partial charge in [0, 0.05) is 15.1 Å². The van der Waals surface area contributed by atoms with Gasteiger partial charge in [0.15, 0.2) is 0 Å². The van der Waals surface area contributed by atoms with Crippen LogP contribution >= 0.6 is 27.5 Å².